The molecule has 0 aliphatic heterocycles. The number of allylic oxidation sites excluding steroid dienone is 1. The fourth-order valence-corrected chi connectivity index (χ4v) is 2.41. The fourth-order valence-electron chi connectivity index (χ4n) is 2.41. The first-order valence-electron chi connectivity index (χ1n) is 8.87. The molecule has 0 amide bonds. The Bertz CT molecular complexity index is 796. The summed E-state index contributed by atoms with van der Waals surface area (Å²) < 4.78 is 5.39. The van der Waals surface area contributed by atoms with Crippen molar-refractivity contribution in [1.29, 1.82) is 0 Å². The van der Waals surface area contributed by atoms with E-state index >= 15 is 0 Å². The molecule has 0 unspecified atom stereocenters. The van der Waals surface area contributed by atoms with E-state index in [1.54, 1.807) is 24.4 Å². The highest BCUT2D eigenvalue weighted by molar-refractivity contribution is 5.96. The Morgan fingerprint density at radius 3 is 2.30 bits per heavy atom. The van der Waals surface area contributed by atoms with Crippen molar-refractivity contribution < 1.29 is 9.53 Å². The van der Waals surface area contributed by atoms with E-state index in [9.17, 15) is 4.79 Å². The highest BCUT2D eigenvalue weighted by Crippen LogP contribution is 2.27. The first-order chi connectivity index (χ1) is 12.9. The fraction of sp³-hybridized carbons (Fsp3) is 0.250. The standard InChI is InChI=1S/C22H25NO2.C2H4/c1-6-16(7-2)15-25-21(24)19-9-8-14-23-20(19)17-10-12-18(13-11-17)22(3,4)5;1-2/h6-14H,1,15H2,2-5H3;1-2H2/b16-7+;. The van der Waals surface area contributed by atoms with E-state index in [0.717, 1.165) is 11.1 Å². The smallest absolute Gasteiger partial charge is 0.340 e. The van der Waals surface area contributed by atoms with E-state index in [-0.39, 0.29) is 18.0 Å². The molecular weight excluding hydrogens is 334 g/mol. The van der Waals surface area contributed by atoms with Crippen LogP contribution in [0, 0.1) is 0 Å². The van der Waals surface area contributed by atoms with E-state index in [2.05, 4.69) is 57.6 Å². The minimum Gasteiger partial charge on any atom is -0.457 e. The molecule has 27 heavy (non-hydrogen) atoms. The van der Waals surface area contributed by atoms with Crippen LogP contribution >= 0.6 is 0 Å². The molecule has 3 heteroatoms. The number of carbonyl (C=O) groups is 1. The Morgan fingerprint density at radius 1 is 1.15 bits per heavy atom. The van der Waals surface area contributed by atoms with Gasteiger partial charge in [-0.25, -0.2) is 4.79 Å². The van der Waals surface area contributed by atoms with Gasteiger partial charge in [-0.1, -0.05) is 63.8 Å². The summed E-state index contributed by atoms with van der Waals surface area (Å²) in [6, 6.07) is 11.6. The molecule has 0 saturated heterocycles. The molecule has 1 aromatic carbocycles. The predicted molar refractivity (Wildman–Crippen MR) is 114 cm³/mol. The monoisotopic (exact) mass is 363 g/mol. The maximum Gasteiger partial charge on any atom is 0.340 e. The maximum absolute atomic E-state index is 12.5. The van der Waals surface area contributed by atoms with Crippen molar-refractivity contribution in [3.8, 4) is 11.3 Å². The molecule has 0 saturated carbocycles. The number of ether oxygens (including phenoxy) is 1. The molecule has 142 valence electrons. The molecule has 0 N–H and O–H groups in total. The summed E-state index contributed by atoms with van der Waals surface area (Å²) in [4.78, 5) is 16.9. The van der Waals surface area contributed by atoms with E-state index in [1.807, 2.05) is 25.1 Å². The van der Waals surface area contributed by atoms with Crippen molar-refractivity contribution in [3.63, 3.8) is 0 Å². The van der Waals surface area contributed by atoms with Gasteiger partial charge < -0.3 is 4.74 Å². The first kappa shape index (κ1) is 22.1. The van der Waals surface area contributed by atoms with Crippen molar-refractivity contribution in [1.82, 2.24) is 4.98 Å². The van der Waals surface area contributed by atoms with E-state index < -0.39 is 0 Å². The molecule has 0 fully saturated rings. The van der Waals surface area contributed by atoms with Gasteiger partial charge in [0.05, 0.1) is 11.3 Å². The highest BCUT2D eigenvalue weighted by Gasteiger charge is 2.17. The zero-order valence-electron chi connectivity index (χ0n) is 16.8. The van der Waals surface area contributed by atoms with Crippen molar-refractivity contribution in [3.05, 3.63) is 91.2 Å². The van der Waals surface area contributed by atoms with Crippen LogP contribution < -0.4 is 0 Å². The van der Waals surface area contributed by atoms with Crippen molar-refractivity contribution in [2.75, 3.05) is 6.61 Å². The molecule has 0 aliphatic rings. The van der Waals surface area contributed by atoms with Gasteiger partial charge in [0.1, 0.15) is 6.61 Å². The number of hydrogen-bond donors (Lipinski definition) is 0. The van der Waals surface area contributed by atoms with Gasteiger partial charge in [0.15, 0.2) is 0 Å². The number of carbonyl (C=O) groups excluding carboxylic acids is 1. The molecular formula is C24H29NO2. The van der Waals surface area contributed by atoms with Gasteiger partial charge in [-0.3, -0.25) is 4.98 Å². The Balaban J connectivity index is 0.00000176. The second-order valence-corrected chi connectivity index (χ2v) is 6.87. The number of aromatic nitrogens is 1. The molecule has 2 aromatic rings. The normalized spacial score (nSPS) is 11.2. The Morgan fingerprint density at radius 2 is 1.78 bits per heavy atom. The molecule has 0 atom stereocenters. The summed E-state index contributed by atoms with van der Waals surface area (Å²) in [5.74, 6) is -0.385. The number of benzene rings is 1. The van der Waals surface area contributed by atoms with Crippen LogP contribution in [0.3, 0.4) is 0 Å². The Hall–Kier alpha value is -2.94. The largest absolute Gasteiger partial charge is 0.457 e. The lowest BCUT2D eigenvalue weighted by molar-refractivity contribution is 0.0543. The zero-order valence-corrected chi connectivity index (χ0v) is 16.8. The van der Waals surface area contributed by atoms with E-state index in [0.29, 0.717) is 11.3 Å². The van der Waals surface area contributed by atoms with Gasteiger partial charge >= 0.3 is 5.97 Å². The number of rotatable bonds is 5. The lowest BCUT2D eigenvalue weighted by Gasteiger charge is -2.19. The lowest BCUT2D eigenvalue weighted by Crippen LogP contribution is -2.11. The summed E-state index contributed by atoms with van der Waals surface area (Å²) >= 11 is 0. The third-order valence-corrected chi connectivity index (χ3v) is 4.05. The average Bonchev–Trinajstić information content (AvgIpc) is 2.69. The molecule has 1 aromatic heterocycles. The summed E-state index contributed by atoms with van der Waals surface area (Å²) in [5, 5.41) is 0. The van der Waals surface area contributed by atoms with E-state index in [1.165, 1.54) is 5.56 Å². The van der Waals surface area contributed by atoms with Gasteiger partial charge in [-0.15, -0.1) is 13.2 Å². The van der Waals surface area contributed by atoms with Crippen LogP contribution in [0.5, 0.6) is 0 Å². The van der Waals surface area contributed by atoms with Crippen LogP contribution in [0.15, 0.2) is 80.1 Å². The quantitative estimate of drug-likeness (QED) is 0.364. The zero-order chi connectivity index (χ0) is 20.4. The first-order valence-corrected chi connectivity index (χ1v) is 8.87. The van der Waals surface area contributed by atoms with E-state index in [4.69, 9.17) is 4.74 Å². The van der Waals surface area contributed by atoms with Crippen molar-refractivity contribution in [2.45, 2.75) is 33.1 Å². The Kier molecular flexibility index (Phi) is 8.40. The van der Waals surface area contributed by atoms with Gasteiger partial charge in [-0.2, -0.15) is 0 Å². The SMILES string of the molecule is C=C.C=C/C(=C\C)COC(=O)c1cccnc1-c1ccc(C(C)(C)C)cc1. The van der Waals surface area contributed by atoms with Gasteiger partial charge in [0.2, 0.25) is 0 Å². The number of nitrogens with zero attached hydrogens (tertiary/aromatic N) is 1. The summed E-state index contributed by atoms with van der Waals surface area (Å²) in [6.07, 6.45) is 5.24. The van der Waals surface area contributed by atoms with Crippen LogP contribution in [0.25, 0.3) is 11.3 Å². The number of esters is 1. The van der Waals surface area contributed by atoms with Crippen LogP contribution in [-0.2, 0) is 10.2 Å². The van der Waals surface area contributed by atoms with Crippen molar-refractivity contribution in [2.24, 2.45) is 0 Å². The number of hydrogen-bond acceptors (Lipinski definition) is 3. The third kappa shape index (κ3) is 6.07. The average molecular weight is 364 g/mol. The summed E-state index contributed by atoms with van der Waals surface area (Å²) in [7, 11) is 0. The molecule has 0 radical (unpaired) electrons. The lowest BCUT2D eigenvalue weighted by atomic mass is 9.86. The second kappa shape index (κ2) is 10.3. The summed E-state index contributed by atoms with van der Waals surface area (Å²) in [5.41, 5.74) is 4.18. The predicted octanol–water partition coefficient (Wildman–Crippen LogP) is 6.14. The maximum atomic E-state index is 12.5. The van der Waals surface area contributed by atoms with Crippen LogP contribution in [0.2, 0.25) is 0 Å². The van der Waals surface area contributed by atoms with Gasteiger partial charge in [-0.05, 0) is 35.6 Å². The number of pyridine rings is 1. The molecule has 1 heterocycles. The third-order valence-electron chi connectivity index (χ3n) is 4.05. The highest BCUT2D eigenvalue weighted by atomic mass is 16.5. The molecule has 2 rings (SSSR count). The van der Waals surface area contributed by atoms with Crippen molar-refractivity contribution >= 4 is 5.97 Å². The van der Waals surface area contributed by atoms with Gasteiger partial charge in [0.25, 0.3) is 0 Å². The summed E-state index contributed by atoms with van der Waals surface area (Å²) in [6.45, 7) is 18.3. The Labute approximate surface area is 163 Å². The van der Waals surface area contributed by atoms with Crippen LogP contribution in [0.4, 0.5) is 0 Å². The minimum absolute atomic E-state index is 0.0813. The minimum atomic E-state index is -0.385. The van der Waals surface area contributed by atoms with Crippen LogP contribution in [-0.4, -0.2) is 17.6 Å². The van der Waals surface area contributed by atoms with Gasteiger partial charge in [0, 0.05) is 11.8 Å². The molecule has 0 aliphatic carbocycles. The van der Waals surface area contributed by atoms with Crippen LogP contribution in [0.1, 0.15) is 43.6 Å². The molecule has 0 spiro atoms. The second-order valence-electron chi connectivity index (χ2n) is 6.87. The topological polar surface area (TPSA) is 39.2 Å². The molecule has 0 bridgehead atoms. The molecule has 3 nitrogen and oxygen atoms in total.